The molecule has 0 amide bonds. The minimum Gasteiger partial charge on any atom is -0.469 e. The Balaban J connectivity index is 3.11. The standard InChI is InChI=1S/C10H10BrF2NO2/c1-5-9(11)6(4-8(15)16-2)3-7(14-5)10(12)13/h3,10H,4H2,1-2H3. The summed E-state index contributed by atoms with van der Waals surface area (Å²) in [6, 6.07) is 1.21. The first-order valence-electron chi connectivity index (χ1n) is 4.46. The molecule has 0 fully saturated rings. The fourth-order valence-electron chi connectivity index (χ4n) is 1.22. The lowest BCUT2D eigenvalue weighted by Gasteiger charge is -2.08. The molecule has 1 rings (SSSR count). The molecule has 0 aliphatic rings. The molecule has 0 N–H and O–H groups in total. The van der Waals surface area contributed by atoms with Crippen molar-refractivity contribution in [1.82, 2.24) is 4.98 Å². The third-order valence-electron chi connectivity index (χ3n) is 2.00. The molecule has 1 aromatic heterocycles. The lowest BCUT2D eigenvalue weighted by atomic mass is 10.1. The van der Waals surface area contributed by atoms with E-state index in [9.17, 15) is 13.6 Å². The topological polar surface area (TPSA) is 39.2 Å². The Morgan fingerprint density at radius 2 is 2.25 bits per heavy atom. The molecular weight excluding hydrogens is 284 g/mol. The number of alkyl halides is 2. The third kappa shape index (κ3) is 2.98. The molecule has 1 heterocycles. The van der Waals surface area contributed by atoms with Crippen LogP contribution in [0, 0.1) is 6.92 Å². The van der Waals surface area contributed by atoms with Gasteiger partial charge in [0.1, 0.15) is 5.69 Å². The van der Waals surface area contributed by atoms with Crippen LogP contribution in [-0.2, 0) is 16.0 Å². The van der Waals surface area contributed by atoms with E-state index < -0.39 is 12.4 Å². The number of methoxy groups -OCH3 is 1. The van der Waals surface area contributed by atoms with E-state index in [2.05, 4.69) is 25.7 Å². The average Bonchev–Trinajstić information content (AvgIpc) is 2.23. The molecular formula is C10H10BrF2NO2. The Morgan fingerprint density at radius 1 is 1.62 bits per heavy atom. The maximum Gasteiger partial charge on any atom is 0.310 e. The van der Waals surface area contributed by atoms with Crippen molar-refractivity contribution in [3.8, 4) is 0 Å². The SMILES string of the molecule is COC(=O)Cc1cc(C(F)F)nc(C)c1Br. The van der Waals surface area contributed by atoms with Gasteiger partial charge >= 0.3 is 5.97 Å². The van der Waals surface area contributed by atoms with Crippen LogP contribution in [0.15, 0.2) is 10.5 Å². The highest BCUT2D eigenvalue weighted by Gasteiger charge is 2.16. The Kier molecular flexibility index (Phi) is 4.35. The zero-order valence-corrected chi connectivity index (χ0v) is 10.3. The first-order chi connectivity index (χ1) is 7.45. The number of rotatable bonds is 3. The Bertz CT molecular complexity index is 410. The highest BCUT2D eigenvalue weighted by atomic mass is 79.9. The lowest BCUT2D eigenvalue weighted by molar-refractivity contribution is -0.139. The van der Waals surface area contributed by atoms with Gasteiger partial charge in [-0.2, -0.15) is 0 Å². The molecule has 0 atom stereocenters. The molecule has 0 saturated carbocycles. The van der Waals surface area contributed by atoms with E-state index in [0.29, 0.717) is 15.7 Å². The number of ether oxygens (including phenoxy) is 1. The summed E-state index contributed by atoms with van der Waals surface area (Å²) in [5.74, 6) is -0.480. The van der Waals surface area contributed by atoms with Crippen molar-refractivity contribution < 1.29 is 18.3 Å². The summed E-state index contributed by atoms with van der Waals surface area (Å²) in [5, 5.41) is 0. The summed E-state index contributed by atoms with van der Waals surface area (Å²) < 4.78 is 30.0. The number of hydrogen-bond acceptors (Lipinski definition) is 3. The van der Waals surface area contributed by atoms with E-state index >= 15 is 0 Å². The summed E-state index contributed by atoms with van der Waals surface area (Å²) in [6.45, 7) is 1.59. The number of aryl methyl sites for hydroxylation is 1. The van der Waals surface area contributed by atoms with E-state index in [-0.39, 0.29) is 12.1 Å². The Hall–Kier alpha value is -1.04. The Labute approximate surface area is 99.9 Å². The predicted molar refractivity (Wildman–Crippen MR) is 57.4 cm³/mol. The molecule has 0 aromatic carbocycles. The van der Waals surface area contributed by atoms with Crippen molar-refractivity contribution >= 4 is 21.9 Å². The van der Waals surface area contributed by atoms with Crippen LogP contribution in [0.1, 0.15) is 23.4 Å². The Morgan fingerprint density at radius 3 is 2.75 bits per heavy atom. The normalized spacial score (nSPS) is 10.6. The number of halogens is 3. The van der Waals surface area contributed by atoms with E-state index in [4.69, 9.17) is 0 Å². The van der Waals surface area contributed by atoms with Crippen molar-refractivity contribution in [2.75, 3.05) is 7.11 Å². The van der Waals surface area contributed by atoms with Crippen LogP contribution in [-0.4, -0.2) is 18.1 Å². The van der Waals surface area contributed by atoms with Gasteiger partial charge in [-0.3, -0.25) is 9.78 Å². The summed E-state index contributed by atoms with van der Waals surface area (Å²) in [6.07, 6.45) is -2.71. The van der Waals surface area contributed by atoms with Gasteiger partial charge in [0.25, 0.3) is 6.43 Å². The maximum absolute atomic E-state index is 12.5. The summed E-state index contributed by atoms with van der Waals surface area (Å²) in [7, 11) is 1.25. The van der Waals surface area contributed by atoms with Crippen molar-refractivity contribution in [3.05, 3.63) is 27.5 Å². The smallest absolute Gasteiger partial charge is 0.310 e. The summed E-state index contributed by atoms with van der Waals surface area (Å²) in [4.78, 5) is 14.8. The molecule has 1 aromatic rings. The number of carbonyl (C=O) groups is 1. The average molecular weight is 294 g/mol. The molecule has 0 radical (unpaired) electrons. The molecule has 3 nitrogen and oxygen atoms in total. The minimum atomic E-state index is -2.65. The van der Waals surface area contributed by atoms with Gasteiger partial charge in [0.05, 0.1) is 19.2 Å². The quantitative estimate of drug-likeness (QED) is 0.805. The van der Waals surface area contributed by atoms with Crippen molar-refractivity contribution in [2.24, 2.45) is 0 Å². The van der Waals surface area contributed by atoms with Gasteiger partial charge in [-0.05, 0) is 34.5 Å². The van der Waals surface area contributed by atoms with Crippen molar-refractivity contribution in [1.29, 1.82) is 0 Å². The summed E-state index contributed by atoms with van der Waals surface area (Å²) >= 11 is 3.21. The molecule has 0 bridgehead atoms. The lowest BCUT2D eigenvalue weighted by Crippen LogP contribution is -2.07. The van der Waals surface area contributed by atoms with Gasteiger partial charge in [-0.25, -0.2) is 8.78 Å². The van der Waals surface area contributed by atoms with Gasteiger partial charge in [-0.15, -0.1) is 0 Å². The van der Waals surface area contributed by atoms with Gasteiger partial charge in [0.15, 0.2) is 0 Å². The van der Waals surface area contributed by atoms with Crippen LogP contribution in [0.2, 0.25) is 0 Å². The van der Waals surface area contributed by atoms with Gasteiger partial charge in [0, 0.05) is 4.47 Å². The zero-order valence-electron chi connectivity index (χ0n) is 8.76. The predicted octanol–water partition coefficient (Wildman–Crippen LogP) is 2.81. The second kappa shape index (κ2) is 5.34. The fourth-order valence-corrected chi connectivity index (χ4v) is 1.56. The van der Waals surface area contributed by atoms with Gasteiger partial charge in [0.2, 0.25) is 0 Å². The molecule has 0 saturated heterocycles. The molecule has 16 heavy (non-hydrogen) atoms. The van der Waals surface area contributed by atoms with Crippen LogP contribution in [0.4, 0.5) is 8.78 Å². The fraction of sp³-hybridized carbons (Fsp3) is 0.400. The van der Waals surface area contributed by atoms with Crippen LogP contribution in [0.5, 0.6) is 0 Å². The van der Waals surface area contributed by atoms with E-state index in [1.807, 2.05) is 0 Å². The summed E-state index contributed by atoms with van der Waals surface area (Å²) in [5.41, 5.74) is 0.547. The van der Waals surface area contributed by atoms with E-state index in [0.717, 1.165) is 0 Å². The second-order valence-corrected chi connectivity index (χ2v) is 3.95. The molecule has 88 valence electrons. The number of hydrogen-bond donors (Lipinski definition) is 0. The number of nitrogens with zero attached hydrogens (tertiary/aromatic N) is 1. The first kappa shape index (κ1) is 13.0. The minimum absolute atomic E-state index is 0.0554. The largest absolute Gasteiger partial charge is 0.469 e. The maximum atomic E-state index is 12.5. The highest BCUT2D eigenvalue weighted by molar-refractivity contribution is 9.10. The first-order valence-corrected chi connectivity index (χ1v) is 5.26. The van der Waals surface area contributed by atoms with Crippen LogP contribution in [0.25, 0.3) is 0 Å². The van der Waals surface area contributed by atoms with E-state index in [1.165, 1.54) is 13.2 Å². The number of carbonyl (C=O) groups excluding carboxylic acids is 1. The number of pyridine rings is 1. The monoisotopic (exact) mass is 293 g/mol. The van der Waals surface area contributed by atoms with Crippen LogP contribution >= 0.6 is 15.9 Å². The molecule has 0 unspecified atom stereocenters. The second-order valence-electron chi connectivity index (χ2n) is 3.16. The number of aromatic nitrogens is 1. The zero-order chi connectivity index (χ0) is 12.3. The highest BCUT2D eigenvalue weighted by Crippen LogP contribution is 2.26. The molecule has 0 aliphatic carbocycles. The third-order valence-corrected chi connectivity index (χ3v) is 3.09. The number of esters is 1. The van der Waals surface area contributed by atoms with Gasteiger partial charge < -0.3 is 4.74 Å². The van der Waals surface area contributed by atoms with Gasteiger partial charge in [-0.1, -0.05) is 0 Å². The van der Waals surface area contributed by atoms with Crippen molar-refractivity contribution in [2.45, 2.75) is 19.8 Å². The molecule has 6 heteroatoms. The van der Waals surface area contributed by atoms with Crippen molar-refractivity contribution in [3.63, 3.8) is 0 Å². The van der Waals surface area contributed by atoms with E-state index in [1.54, 1.807) is 6.92 Å². The van der Waals surface area contributed by atoms with Crippen LogP contribution in [0.3, 0.4) is 0 Å². The van der Waals surface area contributed by atoms with Crippen LogP contribution < -0.4 is 0 Å². The molecule has 0 aliphatic heterocycles. The molecule has 0 spiro atoms.